The number of fused-ring (bicyclic) bond motifs is 3. The molecule has 2 fully saturated rings. The number of pyridine rings is 1. The Bertz CT molecular complexity index is 2050. The summed E-state index contributed by atoms with van der Waals surface area (Å²) in [6.45, 7) is 0. The third-order valence-corrected chi connectivity index (χ3v) is 9.76. The van der Waals surface area contributed by atoms with E-state index in [0.29, 0.717) is 35.3 Å². The maximum atomic E-state index is 14.7. The minimum atomic E-state index is -3.83. The van der Waals surface area contributed by atoms with Crippen molar-refractivity contribution in [1.82, 2.24) is 39.7 Å². The molecule has 2 atom stereocenters. The van der Waals surface area contributed by atoms with Crippen molar-refractivity contribution < 1.29 is 26.7 Å². The second-order valence-electron chi connectivity index (χ2n) is 11.3. The van der Waals surface area contributed by atoms with E-state index in [2.05, 4.69) is 25.3 Å². The molecule has 0 spiro atoms. The summed E-state index contributed by atoms with van der Waals surface area (Å²) in [6, 6.07) is 4.91. The normalized spacial score (nSPS) is 19.7. The maximum Gasteiger partial charge on any atom is 0.292 e. The number of aromatic nitrogens is 7. The molecule has 5 aromatic rings. The number of amides is 1. The number of H-pyrrole nitrogens is 1. The Balaban J connectivity index is 1.27. The van der Waals surface area contributed by atoms with Gasteiger partial charge < -0.3 is 20.4 Å². The smallest absolute Gasteiger partial charge is 0.292 e. The quantitative estimate of drug-likeness (QED) is 0.281. The summed E-state index contributed by atoms with van der Waals surface area (Å²) < 4.78 is 61.3. The molecule has 7 rings (SSSR count). The first-order valence-electron chi connectivity index (χ1n) is 14.1. The van der Waals surface area contributed by atoms with Crippen molar-refractivity contribution >= 4 is 27.2 Å². The first kappa shape index (κ1) is 28.8. The standard InChI is InChI=1S/C29H27F2N9O4S/c1-44-23-10-20(30)18(9-21(23)31)22-6-3-14(11-33-22)19-12-36-40-26(32)25(45(2,42)43)24(37-28(19)40)15-7-16-4-5-17(8-15)39(16)29(41)27-34-13-35-38-27/h3,6,9-13,15-17H,4-5,7-8,32H2,1-2H3,(H,34,35,38). The molecule has 6 heterocycles. The average molecular weight is 636 g/mol. The summed E-state index contributed by atoms with van der Waals surface area (Å²) in [5.41, 5.74) is 8.36. The lowest BCUT2D eigenvalue weighted by Crippen LogP contribution is -2.46. The van der Waals surface area contributed by atoms with Gasteiger partial charge in [-0.1, -0.05) is 6.07 Å². The number of piperidine rings is 1. The van der Waals surface area contributed by atoms with Gasteiger partial charge in [0, 0.05) is 53.2 Å². The van der Waals surface area contributed by atoms with Crippen molar-refractivity contribution in [2.45, 2.75) is 48.6 Å². The molecule has 3 N–H and O–H groups in total. The monoisotopic (exact) mass is 635 g/mol. The molecule has 4 aromatic heterocycles. The number of carbonyl (C=O) groups excluding carboxylic acids is 1. The fourth-order valence-corrected chi connectivity index (χ4v) is 7.69. The van der Waals surface area contributed by atoms with E-state index in [-0.39, 0.29) is 57.5 Å². The zero-order valence-electron chi connectivity index (χ0n) is 24.1. The molecular formula is C29H27F2N9O4S. The number of anilines is 1. The van der Waals surface area contributed by atoms with Gasteiger partial charge >= 0.3 is 0 Å². The number of nitrogen functional groups attached to an aromatic ring is 1. The van der Waals surface area contributed by atoms with Gasteiger partial charge in [-0.15, -0.1) is 10.2 Å². The fourth-order valence-electron chi connectivity index (χ4n) is 6.64. The summed E-state index contributed by atoms with van der Waals surface area (Å²) in [5, 5.41) is 11.9. The van der Waals surface area contributed by atoms with Gasteiger partial charge in [0.1, 0.15) is 22.9 Å². The molecule has 0 aliphatic carbocycles. The van der Waals surface area contributed by atoms with Gasteiger partial charge in [0.2, 0.25) is 5.82 Å². The Labute approximate surface area is 255 Å². The highest BCUT2D eigenvalue weighted by atomic mass is 32.2. The van der Waals surface area contributed by atoms with E-state index in [9.17, 15) is 22.0 Å². The van der Waals surface area contributed by atoms with E-state index >= 15 is 0 Å². The molecular weight excluding hydrogens is 608 g/mol. The maximum absolute atomic E-state index is 14.7. The SMILES string of the molecule is COc1cc(F)c(-c2ccc(-c3cnn4c(N)c(S(C)(=O)=O)c(C5CC6CCC(C5)N6C(=O)c5nnc[nH]5)nc34)cn2)cc1F. The van der Waals surface area contributed by atoms with Crippen LogP contribution in [0.3, 0.4) is 0 Å². The summed E-state index contributed by atoms with van der Waals surface area (Å²) in [4.78, 5) is 26.9. The molecule has 13 nitrogen and oxygen atoms in total. The van der Waals surface area contributed by atoms with Crippen molar-refractivity contribution in [2.24, 2.45) is 0 Å². The molecule has 2 unspecified atom stereocenters. The number of hydrogen-bond acceptors (Lipinski definition) is 10. The number of ether oxygens (including phenoxy) is 1. The summed E-state index contributed by atoms with van der Waals surface area (Å²) in [7, 11) is -2.58. The van der Waals surface area contributed by atoms with Gasteiger partial charge in [0.25, 0.3) is 5.91 Å². The highest BCUT2D eigenvalue weighted by molar-refractivity contribution is 7.91. The molecule has 0 radical (unpaired) electrons. The number of nitrogens with zero attached hydrogens (tertiary/aromatic N) is 7. The third kappa shape index (κ3) is 4.75. The minimum absolute atomic E-state index is 0.0371. The number of rotatable bonds is 6. The van der Waals surface area contributed by atoms with Crippen LogP contribution in [0.5, 0.6) is 5.75 Å². The van der Waals surface area contributed by atoms with Crippen LogP contribution in [0.2, 0.25) is 0 Å². The molecule has 2 aliphatic heterocycles. The van der Waals surface area contributed by atoms with E-state index in [1.807, 2.05) is 4.90 Å². The molecule has 1 amide bonds. The largest absolute Gasteiger partial charge is 0.494 e. The molecule has 45 heavy (non-hydrogen) atoms. The molecule has 16 heteroatoms. The Hall–Kier alpha value is -4.99. The Morgan fingerprint density at radius 3 is 2.47 bits per heavy atom. The van der Waals surface area contributed by atoms with Crippen LogP contribution in [0.1, 0.15) is 47.9 Å². The number of nitrogens with two attached hydrogens (primary N) is 1. The fraction of sp³-hybridized carbons (Fsp3) is 0.310. The van der Waals surface area contributed by atoms with E-state index in [0.717, 1.165) is 31.2 Å². The van der Waals surface area contributed by atoms with Crippen LogP contribution >= 0.6 is 0 Å². The topological polar surface area (TPSA) is 174 Å². The van der Waals surface area contributed by atoms with Gasteiger partial charge in [-0.25, -0.2) is 22.2 Å². The van der Waals surface area contributed by atoms with Crippen molar-refractivity contribution in [3.05, 3.63) is 66.1 Å². The van der Waals surface area contributed by atoms with Crippen LogP contribution in [0.15, 0.2) is 47.9 Å². The number of carbonyl (C=O) groups is 1. The van der Waals surface area contributed by atoms with Crippen molar-refractivity contribution in [3.63, 3.8) is 0 Å². The van der Waals surface area contributed by atoms with Crippen LogP contribution in [0, 0.1) is 11.6 Å². The number of benzene rings is 1. The van der Waals surface area contributed by atoms with Crippen molar-refractivity contribution in [2.75, 3.05) is 19.1 Å². The van der Waals surface area contributed by atoms with E-state index < -0.39 is 21.5 Å². The van der Waals surface area contributed by atoms with Crippen molar-refractivity contribution in [3.8, 4) is 28.1 Å². The predicted octanol–water partition coefficient (Wildman–Crippen LogP) is 3.40. The van der Waals surface area contributed by atoms with Crippen LogP contribution in [0.4, 0.5) is 14.6 Å². The molecule has 1 aromatic carbocycles. The zero-order valence-corrected chi connectivity index (χ0v) is 24.9. The van der Waals surface area contributed by atoms with Gasteiger partial charge in [-0.05, 0) is 37.8 Å². The number of hydrogen-bond donors (Lipinski definition) is 2. The summed E-state index contributed by atoms with van der Waals surface area (Å²) in [5.74, 6) is -2.08. The van der Waals surface area contributed by atoms with Gasteiger partial charge in [-0.2, -0.15) is 9.61 Å². The van der Waals surface area contributed by atoms with Gasteiger partial charge in [0.05, 0.1) is 24.7 Å². The molecule has 0 saturated carbocycles. The number of nitrogens with one attached hydrogen (secondary N) is 1. The number of sulfone groups is 1. The van der Waals surface area contributed by atoms with Crippen LogP contribution in [0.25, 0.3) is 28.0 Å². The first-order valence-corrected chi connectivity index (χ1v) is 16.0. The van der Waals surface area contributed by atoms with E-state index in [1.54, 1.807) is 6.07 Å². The molecule has 2 aliphatic rings. The lowest BCUT2D eigenvalue weighted by Gasteiger charge is -2.38. The Morgan fingerprint density at radius 2 is 1.84 bits per heavy atom. The summed E-state index contributed by atoms with van der Waals surface area (Å²) >= 11 is 0. The average Bonchev–Trinajstić information content (AvgIpc) is 3.76. The highest BCUT2D eigenvalue weighted by Crippen LogP contribution is 2.45. The van der Waals surface area contributed by atoms with E-state index in [4.69, 9.17) is 15.5 Å². The van der Waals surface area contributed by atoms with Crippen LogP contribution in [-0.4, -0.2) is 79.4 Å². The zero-order chi connectivity index (χ0) is 31.6. The Morgan fingerprint density at radius 1 is 1.09 bits per heavy atom. The summed E-state index contributed by atoms with van der Waals surface area (Å²) in [6.07, 6.45) is 7.93. The van der Waals surface area contributed by atoms with Crippen LogP contribution in [-0.2, 0) is 9.84 Å². The molecule has 2 saturated heterocycles. The molecule has 232 valence electrons. The Kier molecular flexibility index (Phi) is 6.76. The van der Waals surface area contributed by atoms with E-state index in [1.165, 1.54) is 36.4 Å². The first-order chi connectivity index (χ1) is 21.5. The lowest BCUT2D eigenvalue weighted by atomic mass is 9.87. The lowest BCUT2D eigenvalue weighted by molar-refractivity contribution is 0.0556. The van der Waals surface area contributed by atoms with Crippen LogP contribution < -0.4 is 10.5 Å². The third-order valence-electron chi connectivity index (χ3n) is 8.60. The predicted molar refractivity (Wildman–Crippen MR) is 157 cm³/mol. The number of halogens is 2. The van der Waals surface area contributed by atoms with Gasteiger partial charge in [0.15, 0.2) is 27.1 Å². The van der Waals surface area contributed by atoms with Crippen molar-refractivity contribution in [1.29, 1.82) is 0 Å². The minimum Gasteiger partial charge on any atom is -0.494 e. The number of methoxy groups -OCH3 is 1. The highest BCUT2D eigenvalue weighted by Gasteiger charge is 2.46. The second-order valence-corrected chi connectivity index (χ2v) is 13.2. The second kappa shape index (κ2) is 10.6. The van der Waals surface area contributed by atoms with Gasteiger partial charge in [-0.3, -0.25) is 9.78 Å². The molecule has 2 bridgehead atoms. The number of aromatic amines is 1.